The zero-order valence-corrected chi connectivity index (χ0v) is 9.96. The lowest BCUT2D eigenvalue weighted by molar-refractivity contribution is 0.0495. The van der Waals surface area contributed by atoms with Crippen molar-refractivity contribution in [1.29, 1.82) is 0 Å². The van der Waals surface area contributed by atoms with E-state index in [9.17, 15) is 5.11 Å². The summed E-state index contributed by atoms with van der Waals surface area (Å²) >= 11 is 2.07. The molecular weight excluding hydrogens is 194 g/mol. The molecule has 1 heterocycles. The third kappa shape index (κ3) is 1.95. The van der Waals surface area contributed by atoms with Crippen molar-refractivity contribution < 1.29 is 5.11 Å². The molecule has 0 aromatic rings. The van der Waals surface area contributed by atoms with Gasteiger partial charge in [0.15, 0.2) is 0 Å². The van der Waals surface area contributed by atoms with Crippen molar-refractivity contribution in [2.45, 2.75) is 56.5 Å². The van der Waals surface area contributed by atoms with E-state index in [4.69, 9.17) is 0 Å². The van der Waals surface area contributed by atoms with Gasteiger partial charge in [-0.3, -0.25) is 4.90 Å². The largest absolute Gasteiger partial charge is 0.391 e. The average molecular weight is 215 g/mol. The normalized spacial score (nSPS) is 45.6. The van der Waals surface area contributed by atoms with Gasteiger partial charge in [0.25, 0.3) is 0 Å². The van der Waals surface area contributed by atoms with E-state index >= 15 is 0 Å². The third-order valence-corrected chi connectivity index (χ3v) is 5.14. The van der Waals surface area contributed by atoms with Gasteiger partial charge in [-0.05, 0) is 26.2 Å². The van der Waals surface area contributed by atoms with Crippen molar-refractivity contribution in [1.82, 2.24) is 4.90 Å². The van der Waals surface area contributed by atoms with E-state index in [2.05, 4.69) is 30.5 Å². The minimum absolute atomic E-state index is 0.0623. The van der Waals surface area contributed by atoms with Crippen LogP contribution < -0.4 is 0 Å². The molecule has 0 radical (unpaired) electrons. The van der Waals surface area contributed by atoms with Gasteiger partial charge in [-0.15, -0.1) is 0 Å². The third-order valence-electron chi connectivity index (χ3n) is 3.80. The first-order valence-corrected chi connectivity index (χ1v) is 6.80. The highest BCUT2D eigenvalue weighted by Gasteiger charge is 2.36. The number of aliphatic hydroxyl groups excluding tert-OH is 1. The lowest BCUT2D eigenvalue weighted by Gasteiger charge is -2.42. The predicted molar refractivity (Wildman–Crippen MR) is 61.7 cm³/mol. The lowest BCUT2D eigenvalue weighted by atomic mass is 10.1. The Morgan fingerprint density at radius 1 is 1.29 bits per heavy atom. The summed E-state index contributed by atoms with van der Waals surface area (Å²) in [4.78, 5) is 2.54. The van der Waals surface area contributed by atoms with Crippen LogP contribution in [0.4, 0.5) is 0 Å². The van der Waals surface area contributed by atoms with E-state index in [1.807, 2.05) is 0 Å². The van der Waals surface area contributed by atoms with Crippen LogP contribution in [0.5, 0.6) is 0 Å². The summed E-state index contributed by atoms with van der Waals surface area (Å²) in [7, 11) is 0. The van der Waals surface area contributed by atoms with Gasteiger partial charge in [0.2, 0.25) is 0 Å². The van der Waals surface area contributed by atoms with E-state index in [1.54, 1.807) is 0 Å². The quantitative estimate of drug-likeness (QED) is 0.720. The van der Waals surface area contributed by atoms with Crippen LogP contribution in [-0.4, -0.2) is 45.7 Å². The molecule has 14 heavy (non-hydrogen) atoms. The fraction of sp³-hybridized carbons (Fsp3) is 1.00. The molecule has 0 spiro atoms. The first-order chi connectivity index (χ1) is 6.70. The van der Waals surface area contributed by atoms with Crippen LogP contribution in [0.3, 0.4) is 0 Å². The standard InChI is InChI=1S/C11H21NOS/c1-8-9(2)14-7-6-12(8)10-4-3-5-11(10)13/h8-11,13H,3-7H2,1-2H3/t8?,9?,10-,11-/m0/s1. The fourth-order valence-electron chi connectivity index (χ4n) is 2.73. The Balaban J connectivity index is 2.01. The molecule has 0 bridgehead atoms. The predicted octanol–water partition coefficient (Wildman–Crippen LogP) is 1.73. The maximum atomic E-state index is 9.90. The first-order valence-electron chi connectivity index (χ1n) is 5.75. The second kappa shape index (κ2) is 4.42. The molecule has 0 aromatic heterocycles. The first kappa shape index (κ1) is 10.8. The van der Waals surface area contributed by atoms with E-state index in [0.717, 1.165) is 18.2 Å². The van der Waals surface area contributed by atoms with Gasteiger partial charge >= 0.3 is 0 Å². The van der Waals surface area contributed by atoms with Crippen LogP contribution in [0.25, 0.3) is 0 Å². The summed E-state index contributed by atoms with van der Waals surface area (Å²) in [5.74, 6) is 1.23. The summed E-state index contributed by atoms with van der Waals surface area (Å²) in [6, 6.07) is 1.08. The molecule has 1 saturated heterocycles. The molecule has 2 rings (SSSR count). The number of hydrogen-bond acceptors (Lipinski definition) is 3. The number of rotatable bonds is 1. The summed E-state index contributed by atoms with van der Waals surface area (Å²) in [5.41, 5.74) is 0. The van der Waals surface area contributed by atoms with Crippen molar-refractivity contribution >= 4 is 11.8 Å². The molecule has 0 aromatic carbocycles. The molecule has 3 heteroatoms. The molecule has 82 valence electrons. The second-order valence-corrected chi connectivity index (χ2v) is 6.11. The molecular formula is C11H21NOS. The molecule has 1 aliphatic heterocycles. The smallest absolute Gasteiger partial charge is 0.0695 e. The molecule has 2 fully saturated rings. The van der Waals surface area contributed by atoms with Crippen LogP contribution in [0, 0.1) is 0 Å². The number of nitrogens with zero attached hydrogens (tertiary/aromatic N) is 1. The molecule has 4 atom stereocenters. The maximum Gasteiger partial charge on any atom is 0.0695 e. The van der Waals surface area contributed by atoms with Gasteiger partial charge in [0.05, 0.1) is 6.10 Å². The molecule has 2 aliphatic rings. The molecule has 1 saturated carbocycles. The minimum atomic E-state index is -0.0623. The van der Waals surface area contributed by atoms with Crippen molar-refractivity contribution in [3.05, 3.63) is 0 Å². The van der Waals surface area contributed by atoms with Gasteiger partial charge in [-0.25, -0.2) is 0 Å². The number of thioether (sulfide) groups is 1. The zero-order chi connectivity index (χ0) is 10.1. The minimum Gasteiger partial charge on any atom is -0.391 e. The lowest BCUT2D eigenvalue weighted by Crippen LogP contribution is -2.52. The fourth-order valence-corrected chi connectivity index (χ4v) is 3.86. The van der Waals surface area contributed by atoms with Gasteiger partial charge < -0.3 is 5.11 Å². The molecule has 2 unspecified atom stereocenters. The summed E-state index contributed by atoms with van der Waals surface area (Å²) < 4.78 is 0. The number of hydrogen-bond donors (Lipinski definition) is 1. The van der Waals surface area contributed by atoms with Gasteiger partial charge in [0, 0.05) is 29.6 Å². The Hall–Kier alpha value is 0.270. The summed E-state index contributed by atoms with van der Waals surface area (Å²) in [6.45, 7) is 5.78. The van der Waals surface area contributed by atoms with Crippen molar-refractivity contribution in [2.24, 2.45) is 0 Å². The van der Waals surface area contributed by atoms with Crippen LogP contribution in [0.1, 0.15) is 33.1 Å². The second-order valence-electron chi connectivity index (χ2n) is 4.62. The Morgan fingerprint density at radius 3 is 2.71 bits per heavy atom. The Labute approximate surface area is 91.1 Å². The highest BCUT2D eigenvalue weighted by molar-refractivity contribution is 8.00. The molecule has 2 nitrogen and oxygen atoms in total. The van der Waals surface area contributed by atoms with Crippen LogP contribution >= 0.6 is 11.8 Å². The maximum absolute atomic E-state index is 9.90. The topological polar surface area (TPSA) is 23.5 Å². The summed E-state index contributed by atoms with van der Waals surface area (Å²) in [6.07, 6.45) is 3.35. The van der Waals surface area contributed by atoms with Crippen LogP contribution in [-0.2, 0) is 0 Å². The van der Waals surface area contributed by atoms with E-state index in [1.165, 1.54) is 18.6 Å². The Kier molecular flexibility index (Phi) is 3.40. The van der Waals surface area contributed by atoms with Gasteiger partial charge in [-0.2, -0.15) is 11.8 Å². The summed E-state index contributed by atoms with van der Waals surface area (Å²) in [5, 5.41) is 10.6. The molecule has 0 amide bonds. The van der Waals surface area contributed by atoms with E-state index < -0.39 is 0 Å². The molecule has 1 aliphatic carbocycles. The van der Waals surface area contributed by atoms with Crippen molar-refractivity contribution in [3.8, 4) is 0 Å². The van der Waals surface area contributed by atoms with Gasteiger partial charge in [0.1, 0.15) is 0 Å². The average Bonchev–Trinajstić information content (AvgIpc) is 2.57. The van der Waals surface area contributed by atoms with E-state index in [0.29, 0.717) is 12.1 Å². The highest BCUT2D eigenvalue weighted by atomic mass is 32.2. The Morgan fingerprint density at radius 2 is 2.07 bits per heavy atom. The van der Waals surface area contributed by atoms with Crippen LogP contribution in [0.2, 0.25) is 0 Å². The highest BCUT2D eigenvalue weighted by Crippen LogP contribution is 2.32. The monoisotopic (exact) mass is 215 g/mol. The zero-order valence-electron chi connectivity index (χ0n) is 9.15. The number of aliphatic hydroxyl groups is 1. The van der Waals surface area contributed by atoms with Crippen molar-refractivity contribution in [3.63, 3.8) is 0 Å². The van der Waals surface area contributed by atoms with Gasteiger partial charge in [-0.1, -0.05) is 6.92 Å². The SMILES string of the molecule is CC1SCCN([C@H]2CCC[C@@H]2O)C1C. The molecule has 1 N–H and O–H groups in total. The van der Waals surface area contributed by atoms with Crippen LogP contribution in [0.15, 0.2) is 0 Å². The Bertz CT molecular complexity index is 200. The van der Waals surface area contributed by atoms with Crippen molar-refractivity contribution in [2.75, 3.05) is 12.3 Å². The van der Waals surface area contributed by atoms with E-state index in [-0.39, 0.29) is 6.10 Å².